The molecule has 124 valence electrons. The molecule has 2 aromatic rings. The summed E-state index contributed by atoms with van der Waals surface area (Å²) in [5.41, 5.74) is 2.47. The zero-order valence-electron chi connectivity index (χ0n) is 13.4. The molecule has 2 rings (SSSR count). The molecule has 0 aromatic heterocycles. The van der Waals surface area contributed by atoms with Crippen molar-refractivity contribution >= 4 is 24.3 Å². The molecule has 6 heteroatoms. The lowest BCUT2D eigenvalue weighted by Crippen LogP contribution is -2.21. The van der Waals surface area contributed by atoms with E-state index in [1.165, 1.54) is 0 Å². The topological polar surface area (TPSA) is 82.3 Å². The summed E-state index contributed by atoms with van der Waals surface area (Å²) >= 11 is 4.48. The van der Waals surface area contributed by atoms with E-state index in [1.807, 2.05) is 19.9 Å². The Hall–Kier alpha value is -2.65. The summed E-state index contributed by atoms with van der Waals surface area (Å²) < 4.78 is 5.51. The third kappa shape index (κ3) is 3.81. The van der Waals surface area contributed by atoms with Crippen LogP contribution in [0.3, 0.4) is 0 Å². The molecule has 1 atom stereocenters. The van der Waals surface area contributed by atoms with Crippen LogP contribution in [0.2, 0.25) is 0 Å². The van der Waals surface area contributed by atoms with Gasteiger partial charge in [0.2, 0.25) is 0 Å². The number of nitrogens with zero attached hydrogens (tertiary/aromatic N) is 1. The van der Waals surface area contributed by atoms with Crippen molar-refractivity contribution in [2.75, 3.05) is 11.9 Å². The number of rotatable bonds is 6. The van der Waals surface area contributed by atoms with Gasteiger partial charge in [0.25, 0.3) is 0 Å². The van der Waals surface area contributed by atoms with Gasteiger partial charge in [-0.3, -0.25) is 0 Å². The second kappa shape index (κ2) is 7.75. The van der Waals surface area contributed by atoms with Crippen LogP contribution in [0.25, 0.3) is 0 Å². The summed E-state index contributed by atoms with van der Waals surface area (Å²) in [6, 6.07) is 11.1. The summed E-state index contributed by atoms with van der Waals surface area (Å²) in [4.78, 5) is 12.3. The SMILES string of the molecule is CCOc1ccc(C(Nc2ccc(C#N)cc2)C(=O)O)c(S)c1C. The molecule has 0 bridgehead atoms. The highest BCUT2D eigenvalue weighted by Crippen LogP contribution is 2.33. The minimum absolute atomic E-state index is 0.513. The van der Waals surface area contributed by atoms with Gasteiger partial charge in [-0.1, -0.05) is 6.07 Å². The second-order valence-electron chi connectivity index (χ2n) is 5.16. The van der Waals surface area contributed by atoms with Crippen LogP contribution in [0.5, 0.6) is 5.75 Å². The van der Waals surface area contributed by atoms with Crippen molar-refractivity contribution in [3.8, 4) is 11.8 Å². The van der Waals surface area contributed by atoms with Gasteiger partial charge in [0, 0.05) is 16.1 Å². The standard InChI is InChI=1S/C18H18N2O3S/c1-3-23-15-9-8-14(17(24)11(15)2)16(18(21)22)20-13-6-4-12(10-19)5-7-13/h4-9,16,20,24H,3H2,1-2H3,(H,21,22). The first-order valence-corrected chi connectivity index (χ1v) is 7.87. The molecule has 0 fully saturated rings. The van der Waals surface area contributed by atoms with Crippen molar-refractivity contribution in [3.63, 3.8) is 0 Å². The molecular formula is C18H18N2O3S. The molecule has 0 aliphatic carbocycles. The number of thiol groups is 1. The van der Waals surface area contributed by atoms with Gasteiger partial charge in [-0.15, -0.1) is 12.6 Å². The van der Waals surface area contributed by atoms with Crippen molar-refractivity contribution in [2.45, 2.75) is 24.8 Å². The first kappa shape index (κ1) is 17.7. The lowest BCUT2D eigenvalue weighted by atomic mass is 10.0. The number of carboxylic acid groups (broad SMARTS) is 1. The number of carboxylic acids is 1. The number of ether oxygens (including phenoxy) is 1. The van der Waals surface area contributed by atoms with Crippen LogP contribution < -0.4 is 10.1 Å². The van der Waals surface area contributed by atoms with Gasteiger partial charge in [-0.05, 0) is 49.7 Å². The lowest BCUT2D eigenvalue weighted by Gasteiger charge is -2.20. The predicted octanol–water partition coefficient (Wildman–Crippen LogP) is 3.79. The fourth-order valence-corrected chi connectivity index (χ4v) is 2.64. The van der Waals surface area contributed by atoms with Crippen LogP contribution in [-0.4, -0.2) is 17.7 Å². The number of benzene rings is 2. The van der Waals surface area contributed by atoms with E-state index in [2.05, 4.69) is 17.9 Å². The highest BCUT2D eigenvalue weighted by atomic mass is 32.1. The van der Waals surface area contributed by atoms with Crippen LogP contribution in [-0.2, 0) is 4.79 Å². The third-order valence-corrected chi connectivity index (χ3v) is 4.19. The molecule has 0 amide bonds. The average molecular weight is 342 g/mol. The Kier molecular flexibility index (Phi) is 5.72. The Morgan fingerprint density at radius 3 is 2.54 bits per heavy atom. The Balaban J connectivity index is 2.35. The number of nitriles is 1. The summed E-state index contributed by atoms with van der Waals surface area (Å²) in [6.07, 6.45) is 0. The number of aliphatic carboxylic acids is 1. The zero-order chi connectivity index (χ0) is 17.7. The third-order valence-electron chi connectivity index (χ3n) is 3.60. The molecule has 0 saturated heterocycles. The number of hydrogen-bond donors (Lipinski definition) is 3. The summed E-state index contributed by atoms with van der Waals surface area (Å²) in [6.45, 7) is 4.26. The number of hydrogen-bond acceptors (Lipinski definition) is 5. The smallest absolute Gasteiger partial charge is 0.330 e. The number of nitrogens with one attached hydrogen (secondary N) is 1. The van der Waals surface area contributed by atoms with Gasteiger partial charge < -0.3 is 15.2 Å². The summed E-state index contributed by atoms with van der Waals surface area (Å²) in [7, 11) is 0. The highest BCUT2D eigenvalue weighted by molar-refractivity contribution is 7.80. The van der Waals surface area contributed by atoms with Crippen molar-refractivity contribution in [3.05, 3.63) is 53.1 Å². The quantitative estimate of drug-likeness (QED) is 0.696. The molecule has 2 N–H and O–H groups in total. The van der Waals surface area contributed by atoms with Crippen molar-refractivity contribution in [1.29, 1.82) is 5.26 Å². The molecule has 2 aromatic carbocycles. The van der Waals surface area contributed by atoms with E-state index >= 15 is 0 Å². The molecule has 0 saturated carbocycles. The molecule has 0 radical (unpaired) electrons. The summed E-state index contributed by atoms with van der Waals surface area (Å²) in [5.74, 6) is -0.327. The van der Waals surface area contributed by atoms with Crippen LogP contribution in [0.15, 0.2) is 41.3 Å². The van der Waals surface area contributed by atoms with Gasteiger partial charge in [-0.2, -0.15) is 5.26 Å². The minimum atomic E-state index is -1.02. The fraction of sp³-hybridized carbons (Fsp3) is 0.222. The van der Waals surface area contributed by atoms with E-state index in [9.17, 15) is 9.90 Å². The summed E-state index contributed by atoms with van der Waals surface area (Å²) in [5, 5.41) is 21.4. The fourth-order valence-electron chi connectivity index (χ4n) is 2.33. The lowest BCUT2D eigenvalue weighted by molar-refractivity contribution is -0.138. The first-order chi connectivity index (χ1) is 11.5. The molecule has 0 aliphatic heterocycles. The van der Waals surface area contributed by atoms with Crippen molar-refractivity contribution in [1.82, 2.24) is 0 Å². The van der Waals surface area contributed by atoms with E-state index in [4.69, 9.17) is 10.00 Å². The maximum Gasteiger partial charge on any atom is 0.330 e. The van der Waals surface area contributed by atoms with Crippen molar-refractivity contribution in [2.24, 2.45) is 0 Å². The largest absolute Gasteiger partial charge is 0.494 e. The Bertz CT molecular complexity index is 782. The molecule has 5 nitrogen and oxygen atoms in total. The molecule has 24 heavy (non-hydrogen) atoms. The van der Waals surface area contributed by atoms with Crippen LogP contribution in [0.4, 0.5) is 5.69 Å². The molecular weight excluding hydrogens is 324 g/mol. The van der Waals surface area contributed by atoms with E-state index in [1.54, 1.807) is 36.4 Å². The highest BCUT2D eigenvalue weighted by Gasteiger charge is 2.23. The normalized spacial score (nSPS) is 11.4. The number of carbonyl (C=O) groups is 1. The Morgan fingerprint density at radius 2 is 2.00 bits per heavy atom. The van der Waals surface area contributed by atoms with E-state index in [0.29, 0.717) is 34.1 Å². The Morgan fingerprint density at radius 1 is 1.33 bits per heavy atom. The average Bonchev–Trinajstić information content (AvgIpc) is 2.58. The maximum absolute atomic E-state index is 11.7. The second-order valence-corrected chi connectivity index (χ2v) is 5.61. The van der Waals surface area contributed by atoms with Gasteiger partial charge in [0.1, 0.15) is 5.75 Å². The van der Waals surface area contributed by atoms with E-state index in [0.717, 1.165) is 5.56 Å². The maximum atomic E-state index is 11.7. The molecule has 0 heterocycles. The van der Waals surface area contributed by atoms with Gasteiger partial charge in [-0.25, -0.2) is 4.79 Å². The minimum Gasteiger partial charge on any atom is -0.494 e. The zero-order valence-corrected chi connectivity index (χ0v) is 14.3. The van der Waals surface area contributed by atoms with Gasteiger partial charge >= 0.3 is 5.97 Å². The molecule has 0 aliphatic rings. The van der Waals surface area contributed by atoms with Gasteiger partial charge in [0.15, 0.2) is 6.04 Å². The monoisotopic (exact) mass is 342 g/mol. The molecule has 0 spiro atoms. The van der Waals surface area contributed by atoms with Crippen LogP contribution in [0.1, 0.15) is 29.7 Å². The van der Waals surface area contributed by atoms with E-state index < -0.39 is 12.0 Å². The first-order valence-electron chi connectivity index (χ1n) is 7.42. The number of anilines is 1. The Labute approximate surface area is 146 Å². The van der Waals surface area contributed by atoms with Crippen LogP contribution >= 0.6 is 12.6 Å². The van der Waals surface area contributed by atoms with Crippen molar-refractivity contribution < 1.29 is 14.6 Å². The molecule has 1 unspecified atom stereocenters. The predicted molar refractivity (Wildman–Crippen MR) is 94.8 cm³/mol. The van der Waals surface area contributed by atoms with E-state index in [-0.39, 0.29) is 0 Å². The van der Waals surface area contributed by atoms with Crippen LogP contribution in [0, 0.1) is 18.3 Å². The van der Waals surface area contributed by atoms with Gasteiger partial charge in [0.05, 0.1) is 18.2 Å².